The van der Waals surface area contributed by atoms with Gasteiger partial charge >= 0.3 is 0 Å². The summed E-state index contributed by atoms with van der Waals surface area (Å²) in [5.74, 6) is -1.12. The topological polar surface area (TPSA) is 75.5 Å². The highest BCUT2D eigenvalue weighted by atomic mass is 19.1. The Morgan fingerprint density at radius 2 is 1.73 bits per heavy atom. The number of benzene rings is 1. The van der Waals surface area contributed by atoms with Crippen LogP contribution in [-0.4, -0.2) is 26.7 Å². The van der Waals surface area contributed by atoms with Gasteiger partial charge in [0.1, 0.15) is 5.82 Å². The Bertz CT molecular complexity index is 971. The van der Waals surface area contributed by atoms with E-state index in [1.807, 2.05) is 20.8 Å². The molecule has 0 aliphatic rings. The number of aromatic nitrogens is 2. The summed E-state index contributed by atoms with van der Waals surface area (Å²) in [5, 5.41) is 5.51. The number of anilines is 1. The third-order valence-corrected chi connectivity index (χ3v) is 3.56. The number of amides is 2. The average Bonchev–Trinajstić information content (AvgIpc) is 2.95. The van der Waals surface area contributed by atoms with Gasteiger partial charge in [0.15, 0.2) is 5.69 Å². The normalized spacial score (nSPS) is 11.4. The molecule has 2 amide bonds. The van der Waals surface area contributed by atoms with Gasteiger partial charge < -0.3 is 10.6 Å². The van der Waals surface area contributed by atoms with E-state index in [2.05, 4.69) is 15.6 Å². The Labute approximate surface area is 150 Å². The largest absolute Gasteiger partial charge is 0.345 e. The first-order chi connectivity index (χ1) is 12.2. The number of fused-ring (bicyclic) bond motifs is 1. The highest BCUT2D eigenvalue weighted by Gasteiger charge is 2.24. The smallest absolute Gasteiger partial charge is 0.288 e. The van der Waals surface area contributed by atoms with Crippen molar-refractivity contribution in [2.75, 3.05) is 5.32 Å². The number of hydrogen-bond donors (Lipinski definition) is 2. The molecule has 2 N–H and O–H groups in total. The zero-order chi connectivity index (χ0) is 18.9. The summed E-state index contributed by atoms with van der Waals surface area (Å²) in [7, 11) is 0. The Morgan fingerprint density at radius 3 is 2.38 bits per heavy atom. The molecule has 0 aliphatic carbocycles. The first kappa shape index (κ1) is 17.6. The van der Waals surface area contributed by atoms with E-state index in [0.29, 0.717) is 11.2 Å². The molecule has 26 heavy (non-hydrogen) atoms. The molecule has 6 nitrogen and oxygen atoms in total. The van der Waals surface area contributed by atoms with Crippen LogP contribution in [0, 0.1) is 5.82 Å². The molecule has 0 aliphatic heterocycles. The molecule has 0 fully saturated rings. The van der Waals surface area contributed by atoms with Crippen LogP contribution >= 0.6 is 0 Å². The molecule has 2 heterocycles. The minimum absolute atomic E-state index is 0.119. The second-order valence-electron chi connectivity index (χ2n) is 6.91. The lowest BCUT2D eigenvalue weighted by atomic mass is 10.1. The predicted octanol–water partition coefficient (Wildman–Crippen LogP) is 3.25. The average molecular weight is 354 g/mol. The fourth-order valence-corrected chi connectivity index (χ4v) is 2.49. The van der Waals surface area contributed by atoms with Crippen LogP contribution < -0.4 is 10.6 Å². The van der Waals surface area contributed by atoms with Crippen molar-refractivity contribution in [3.63, 3.8) is 0 Å². The molecular weight excluding hydrogens is 335 g/mol. The van der Waals surface area contributed by atoms with Crippen LogP contribution in [0.15, 0.2) is 48.7 Å². The summed E-state index contributed by atoms with van der Waals surface area (Å²) in [4.78, 5) is 29.4. The van der Waals surface area contributed by atoms with Crippen molar-refractivity contribution in [3.8, 4) is 0 Å². The van der Waals surface area contributed by atoms with Gasteiger partial charge in [-0.25, -0.2) is 9.37 Å². The Balaban J connectivity index is 1.97. The molecule has 0 spiro atoms. The molecule has 3 aromatic rings. The number of pyridine rings is 1. The maximum atomic E-state index is 13.0. The fraction of sp³-hybridized carbons (Fsp3) is 0.211. The molecule has 134 valence electrons. The quantitative estimate of drug-likeness (QED) is 0.758. The zero-order valence-corrected chi connectivity index (χ0v) is 14.7. The zero-order valence-electron chi connectivity index (χ0n) is 14.7. The number of carbonyl (C=O) groups excluding carboxylic acids is 2. The van der Waals surface area contributed by atoms with Crippen molar-refractivity contribution in [2.45, 2.75) is 26.3 Å². The van der Waals surface area contributed by atoms with Crippen molar-refractivity contribution in [1.29, 1.82) is 0 Å². The number of carbonyl (C=O) groups is 2. The van der Waals surface area contributed by atoms with Gasteiger partial charge in [-0.3, -0.25) is 14.0 Å². The van der Waals surface area contributed by atoms with Gasteiger partial charge in [0, 0.05) is 17.4 Å². The Hall–Kier alpha value is -3.22. The van der Waals surface area contributed by atoms with E-state index in [1.165, 1.54) is 24.3 Å². The first-order valence-corrected chi connectivity index (χ1v) is 8.11. The first-order valence-electron chi connectivity index (χ1n) is 8.11. The highest BCUT2D eigenvalue weighted by molar-refractivity contribution is 6.08. The predicted molar refractivity (Wildman–Crippen MR) is 96.8 cm³/mol. The van der Waals surface area contributed by atoms with Crippen LogP contribution in [0.3, 0.4) is 0 Å². The van der Waals surface area contributed by atoms with Gasteiger partial charge in [0.25, 0.3) is 11.8 Å². The maximum Gasteiger partial charge on any atom is 0.288 e. The molecule has 0 saturated heterocycles. The molecule has 0 bridgehead atoms. The molecule has 1 aromatic carbocycles. The molecule has 7 heteroatoms. The van der Waals surface area contributed by atoms with Crippen molar-refractivity contribution in [2.24, 2.45) is 0 Å². The molecular formula is C19H19FN4O2. The molecule has 3 rings (SSSR count). The summed E-state index contributed by atoms with van der Waals surface area (Å²) < 4.78 is 14.6. The van der Waals surface area contributed by atoms with E-state index in [1.54, 1.807) is 28.8 Å². The van der Waals surface area contributed by atoms with E-state index in [9.17, 15) is 14.0 Å². The summed E-state index contributed by atoms with van der Waals surface area (Å²) in [6.07, 6.45) is 1.68. The van der Waals surface area contributed by atoms with Gasteiger partial charge in [0.05, 0.1) is 5.52 Å². The van der Waals surface area contributed by atoms with Crippen LogP contribution in [0.1, 0.15) is 41.9 Å². The van der Waals surface area contributed by atoms with Gasteiger partial charge in [0.2, 0.25) is 5.82 Å². The van der Waals surface area contributed by atoms with E-state index in [0.717, 1.165) is 0 Å². The number of imidazole rings is 1. The van der Waals surface area contributed by atoms with Crippen LogP contribution in [0.25, 0.3) is 5.52 Å². The minimum Gasteiger partial charge on any atom is -0.345 e. The van der Waals surface area contributed by atoms with Gasteiger partial charge in [-0.15, -0.1) is 0 Å². The lowest BCUT2D eigenvalue weighted by Gasteiger charge is -2.19. The van der Waals surface area contributed by atoms with Crippen molar-refractivity contribution in [3.05, 3.63) is 66.0 Å². The number of rotatable bonds is 3. The standard InChI is InChI=1S/C19H19FN4O2/c1-19(2,3)23-18(26)16-22-15(14-6-4-5-11-24(14)16)17(25)21-13-9-7-12(20)8-10-13/h4-11H,1-3H3,(H,21,25)(H,23,26). The van der Waals surface area contributed by atoms with Crippen molar-refractivity contribution in [1.82, 2.24) is 14.7 Å². The Kier molecular flexibility index (Phi) is 4.46. The number of nitrogens with one attached hydrogen (secondary N) is 2. The lowest BCUT2D eigenvalue weighted by Crippen LogP contribution is -2.41. The monoisotopic (exact) mass is 354 g/mol. The molecule has 0 unspecified atom stereocenters. The van der Waals surface area contributed by atoms with Crippen LogP contribution in [0.4, 0.5) is 10.1 Å². The molecule has 0 radical (unpaired) electrons. The molecule has 0 saturated carbocycles. The van der Waals surface area contributed by atoms with Crippen molar-refractivity contribution < 1.29 is 14.0 Å². The summed E-state index contributed by atoms with van der Waals surface area (Å²) >= 11 is 0. The van der Waals surface area contributed by atoms with Gasteiger partial charge in [-0.1, -0.05) is 6.07 Å². The van der Waals surface area contributed by atoms with E-state index in [-0.39, 0.29) is 17.4 Å². The van der Waals surface area contributed by atoms with E-state index >= 15 is 0 Å². The van der Waals surface area contributed by atoms with Gasteiger partial charge in [-0.05, 0) is 57.2 Å². The summed E-state index contributed by atoms with van der Waals surface area (Å²) in [5.41, 5.74) is 0.628. The van der Waals surface area contributed by atoms with Crippen molar-refractivity contribution >= 4 is 23.0 Å². The molecule has 2 aromatic heterocycles. The number of hydrogen-bond acceptors (Lipinski definition) is 3. The van der Waals surface area contributed by atoms with E-state index < -0.39 is 17.3 Å². The third-order valence-electron chi connectivity index (χ3n) is 3.56. The Morgan fingerprint density at radius 1 is 1.04 bits per heavy atom. The van der Waals surface area contributed by atoms with E-state index in [4.69, 9.17) is 0 Å². The van der Waals surface area contributed by atoms with Crippen LogP contribution in [-0.2, 0) is 0 Å². The summed E-state index contributed by atoms with van der Waals surface area (Å²) in [6, 6.07) is 10.6. The second kappa shape index (κ2) is 6.59. The van der Waals surface area contributed by atoms with Crippen LogP contribution in [0.2, 0.25) is 0 Å². The van der Waals surface area contributed by atoms with Gasteiger partial charge in [-0.2, -0.15) is 0 Å². The lowest BCUT2D eigenvalue weighted by molar-refractivity contribution is 0.0908. The molecule has 0 atom stereocenters. The minimum atomic E-state index is -0.477. The maximum absolute atomic E-state index is 13.0. The highest BCUT2D eigenvalue weighted by Crippen LogP contribution is 2.17. The van der Waals surface area contributed by atoms with Crippen LogP contribution in [0.5, 0.6) is 0 Å². The number of nitrogens with zero attached hydrogens (tertiary/aromatic N) is 2. The summed E-state index contributed by atoms with van der Waals surface area (Å²) in [6.45, 7) is 5.59. The number of halogens is 1. The SMILES string of the molecule is CC(C)(C)NC(=O)c1nc(C(=O)Nc2ccc(F)cc2)c2ccccn12. The fourth-order valence-electron chi connectivity index (χ4n) is 2.49. The third kappa shape index (κ3) is 3.72. The second-order valence-corrected chi connectivity index (χ2v) is 6.91.